The summed E-state index contributed by atoms with van der Waals surface area (Å²) in [5, 5.41) is 0.751. The summed E-state index contributed by atoms with van der Waals surface area (Å²) in [6, 6.07) is 8.26. The van der Waals surface area contributed by atoms with Gasteiger partial charge in [-0.15, -0.1) is 0 Å². The lowest BCUT2D eigenvalue weighted by molar-refractivity contribution is -0.276. The summed E-state index contributed by atoms with van der Waals surface area (Å²) in [5.41, 5.74) is 1.17. The second-order valence-corrected chi connectivity index (χ2v) is 8.02. The van der Waals surface area contributed by atoms with E-state index in [4.69, 9.17) is 30.5 Å². The van der Waals surface area contributed by atoms with Crippen LogP contribution in [0, 0.1) is 5.92 Å². The highest BCUT2D eigenvalue weighted by atomic mass is 35.5. The summed E-state index contributed by atoms with van der Waals surface area (Å²) in [6.45, 7) is 4.90. The van der Waals surface area contributed by atoms with E-state index in [-0.39, 0.29) is 30.3 Å². The molecule has 6 atom stereocenters. The first-order chi connectivity index (χ1) is 11.5. The van der Waals surface area contributed by atoms with Gasteiger partial charge in [-0.05, 0) is 44.5 Å². The number of halogens is 1. The van der Waals surface area contributed by atoms with E-state index < -0.39 is 11.6 Å². The third kappa shape index (κ3) is 1.85. The largest absolute Gasteiger partial charge is 0.365 e. The van der Waals surface area contributed by atoms with Crippen LogP contribution in [0.3, 0.4) is 0 Å². The van der Waals surface area contributed by atoms with Gasteiger partial charge < -0.3 is 23.8 Å². The first-order valence-electron chi connectivity index (χ1n) is 8.56. The number of hydrogen-bond acceptors (Lipinski definition) is 5. The number of ether oxygens (including phenoxy) is 4. The average molecular weight is 352 g/mol. The van der Waals surface area contributed by atoms with Crippen molar-refractivity contribution in [2.45, 2.75) is 56.2 Å². The van der Waals surface area contributed by atoms with Gasteiger partial charge in [-0.1, -0.05) is 11.6 Å². The standard InChI is InChI=1S/C18H22ClNO4/c1-17(2)22-15-14-13-12(18(21-3,23-14)16(15)24-17)8-9-20(13)11-6-4-10(19)5-7-11/h4-7,12-16H,8-9H2,1-3H3/t12-,13+,14+,15-,16-,18-/m0/s1. The highest BCUT2D eigenvalue weighted by molar-refractivity contribution is 6.30. The molecule has 6 heteroatoms. The average Bonchev–Trinajstić information content (AvgIpc) is 3.24. The molecule has 5 rings (SSSR count). The van der Waals surface area contributed by atoms with Gasteiger partial charge in [0, 0.05) is 30.3 Å². The number of hydrogen-bond donors (Lipinski definition) is 0. The van der Waals surface area contributed by atoms with Crippen LogP contribution in [-0.2, 0) is 18.9 Å². The zero-order valence-electron chi connectivity index (χ0n) is 14.1. The van der Waals surface area contributed by atoms with E-state index in [0.29, 0.717) is 0 Å². The van der Waals surface area contributed by atoms with Crippen LogP contribution in [0.1, 0.15) is 20.3 Å². The van der Waals surface area contributed by atoms with Crippen LogP contribution < -0.4 is 4.90 Å². The van der Waals surface area contributed by atoms with Crippen molar-refractivity contribution < 1.29 is 18.9 Å². The predicted molar refractivity (Wildman–Crippen MR) is 89.1 cm³/mol. The number of nitrogens with zero attached hydrogens (tertiary/aromatic N) is 1. The SMILES string of the molecule is CO[C@@]12O[C@@H]([C@@H]3OC(C)(C)O[C@@H]31)[C@H]1[C@@H]2CCN1c1ccc(Cl)cc1. The predicted octanol–water partition coefficient (Wildman–Crippen LogP) is 2.81. The van der Waals surface area contributed by atoms with Crippen LogP contribution in [0.4, 0.5) is 5.69 Å². The topological polar surface area (TPSA) is 40.2 Å². The molecule has 0 unspecified atom stereocenters. The Morgan fingerprint density at radius 1 is 1.12 bits per heavy atom. The van der Waals surface area contributed by atoms with Crippen molar-refractivity contribution in [2.24, 2.45) is 5.92 Å². The van der Waals surface area contributed by atoms with Gasteiger partial charge in [-0.3, -0.25) is 0 Å². The van der Waals surface area contributed by atoms with Gasteiger partial charge in [0.25, 0.3) is 0 Å². The maximum atomic E-state index is 6.37. The van der Waals surface area contributed by atoms with Crippen LogP contribution in [-0.4, -0.2) is 49.6 Å². The quantitative estimate of drug-likeness (QED) is 0.819. The van der Waals surface area contributed by atoms with Crippen LogP contribution in [0.2, 0.25) is 5.02 Å². The van der Waals surface area contributed by atoms with Crippen molar-refractivity contribution >= 4 is 17.3 Å². The normalized spacial score (nSPS) is 44.8. The summed E-state index contributed by atoms with van der Waals surface area (Å²) >= 11 is 6.04. The maximum absolute atomic E-state index is 6.37. The van der Waals surface area contributed by atoms with Crippen molar-refractivity contribution in [3.05, 3.63) is 29.3 Å². The number of fused-ring (bicyclic) bond motifs is 8. The Hall–Kier alpha value is -0.850. The second kappa shape index (κ2) is 4.86. The molecule has 4 aliphatic heterocycles. The zero-order chi connectivity index (χ0) is 16.7. The molecule has 4 aliphatic rings. The molecule has 0 spiro atoms. The fraction of sp³-hybridized carbons (Fsp3) is 0.667. The molecule has 0 aromatic heterocycles. The van der Waals surface area contributed by atoms with Crippen LogP contribution >= 0.6 is 11.6 Å². The van der Waals surface area contributed by atoms with Crippen molar-refractivity contribution in [2.75, 3.05) is 18.6 Å². The molecule has 24 heavy (non-hydrogen) atoms. The Bertz CT molecular complexity index is 665. The van der Waals surface area contributed by atoms with E-state index in [9.17, 15) is 0 Å². The fourth-order valence-corrected chi connectivity index (χ4v) is 5.29. The zero-order valence-corrected chi connectivity index (χ0v) is 14.8. The Kier molecular flexibility index (Phi) is 3.12. The minimum atomic E-state index is -0.699. The van der Waals surface area contributed by atoms with E-state index in [1.165, 1.54) is 5.69 Å². The van der Waals surface area contributed by atoms with E-state index in [2.05, 4.69) is 17.0 Å². The summed E-state index contributed by atoms with van der Waals surface area (Å²) in [7, 11) is 1.72. The molecule has 0 saturated carbocycles. The molecule has 1 aromatic carbocycles. The van der Waals surface area contributed by atoms with Crippen molar-refractivity contribution in [1.82, 2.24) is 0 Å². The molecule has 4 heterocycles. The van der Waals surface area contributed by atoms with Crippen molar-refractivity contribution in [3.8, 4) is 0 Å². The minimum Gasteiger partial charge on any atom is -0.365 e. The Balaban J connectivity index is 1.52. The van der Waals surface area contributed by atoms with Crippen molar-refractivity contribution in [3.63, 3.8) is 0 Å². The molecular formula is C18H22ClNO4. The van der Waals surface area contributed by atoms with E-state index in [0.717, 1.165) is 18.0 Å². The van der Waals surface area contributed by atoms with Gasteiger partial charge in [-0.2, -0.15) is 0 Å². The Labute approximate surface area is 146 Å². The third-order valence-corrected chi connectivity index (χ3v) is 6.21. The number of benzene rings is 1. The molecule has 0 radical (unpaired) electrons. The highest BCUT2D eigenvalue weighted by Gasteiger charge is 2.76. The van der Waals surface area contributed by atoms with Gasteiger partial charge in [-0.25, -0.2) is 0 Å². The molecule has 0 aliphatic carbocycles. The molecule has 4 fully saturated rings. The molecule has 5 nitrogen and oxygen atoms in total. The summed E-state index contributed by atoms with van der Waals surface area (Å²) in [5.74, 6) is -1.01. The highest BCUT2D eigenvalue weighted by Crippen LogP contribution is 2.59. The van der Waals surface area contributed by atoms with Gasteiger partial charge in [0.1, 0.15) is 18.3 Å². The lowest BCUT2D eigenvalue weighted by Crippen LogP contribution is -2.57. The number of anilines is 1. The number of methoxy groups -OCH3 is 1. The molecule has 4 saturated heterocycles. The van der Waals surface area contributed by atoms with Gasteiger partial charge in [0.2, 0.25) is 5.79 Å². The Morgan fingerprint density at radius 2 is 1.88 bits per heavy atom. The smallest absolute Gasteiger partial charge is 0.202 e. The van der Waals surface area contributed by atoms with E-state index in [1.807, 2.05) is 26.0 Å². The van der Waals surface area contributed by atoms with Gasteiger partial charge in [0.05, 0.1) is 6.04 Å². The van der Waals surface area contributed by atoms with Crippen molar-refractivity contribution in [1.29, 1.82) is 0 Å². The first-order valence-corrected chi connectivity index (χ1v) is 8.94. The fourth-order valence-electron chi connectivity index (χ4n) is 5.16. The van der Waals surface area contributed by atoms with E-state index in [1.54, 1.807) is 7.11 Å². The lowest BCUT2D eigenvalue weighted by Gasteiger charge is -2.38. The van der Waals surface area contributed by atoms with Crippen LogP contribution in [0.15, 0.2) is 24.3 Å². The molecule has 2 bridgehead atoms. The maximum Gasteiger partial charge on any atom is 0.202 e. The summed E-state index contributed by atoms with van der Waals surface area (Å²) < 4.78 is 24.6. The van der Waals surface area contributed by atoms with Gasteiger partial charge in [0.15, 0.2) is 5.79 Å². The Morgan fingerprint density at radius 3 is 2.58 bits per heavy atom. The van der Waals surface area contributed by atoms with E-state index >= 15 is 0 Å². The monoisotopic (exact) mass is 351 g/mol. The van der Waals surface area contributed by atoms with Crippen LogP contribution in [0.25, 0.3) is 0 Å². The molecule has 130 valence electrons. The minimum absolute atomic E-state index is 0.0418. The molecule has 0 N–H and O–H groups in total. The summed E-state index contributed by atoms with van der Waals surface area (Å²) in [4.78, 5) is 2.41. The second-order valence-electron chi connectivity index (χ2n) is 7.58. The third-order valence-electron chi connectivity index (χ3n) is 5.95. The first kappa shape index (κ1) is 15.4. The van der Waals surface area contributed by atoms with Gasteiger partial charge >= 0.3 is 0 Å². The summed E-state index contributed by atoms with van der Waals surface area (Å²) in [6.07, 6.45) is 0.730. The lowest BCUT2D eigenvalue weighted by atomic mass is 9.79. The van der Waals surface area contributed by atoms with Crippen LogP contribution in [0.5, 0.6) is 0 Å². The molecular weight excluding hydrogens is 330 g/mol. The molecule has 0 amide bonds. The molecule has 1 aromatic rings. The number of rotatable bonds is 2.